The lowest BCUT2D eigenvalue weighted by Crippen LogP contribution is -2.49. The summed E-state index contributed by atoms with van der Waals surface area (Å²) >= 11 is 3.42. The highest BCUT2D eigenvalue weighted by Crippen LogP contribution is 2.15. The minimum absolute atomic E-state index is 0.0314. The van der Waals surface area contributed by atoms with E-state index < -0.39 is 0 Å². The maximum absolute atomic E-state index is 12.2. The standard InChI is InChI=1S/C20H24BrN3O2/c21-17-5-4-6-18(15-17)22-20(25)16-24-11-9-23(10-12-24)13-14-26-19-7-2-1-3-8-19/h1-8,15H,9-14,16H2,(H,22,25). The molecule has 1 fully saturated rings. The third kappa shape index (κ3) is 6.12. The van der Waals surface area contributed by atoms with Gasteiger partial charge in [-0.1, -0.05) is 40.2 Å². The van der Waals surface area contributed by atoms with Crippen LogP contribution in [0.2, 0.25) is 0 Å². The fourth-order valence-electron chi connectivity index (χ4n) is 2.95. The van der Waals surface area contributed by atoms with Gasteiger partial charge in [0.1, 0.15) is 12.4 Å². The van der Waals surface area contributed by atoms with Gasteiger partial charge in [0.05, 0.1) is 6.54 Å². The summed E-state index contributed by atoms with van der Waals surface area (Å²) in [6, 6.07) is 17.5. The van der Waals surface area contributed by atoms with Crippen molar-refractivity contribution in [3.63, 3.8) is 0 Å². The van der Waals surface area contributed by atoms with E-state index >= 15 is 0 Å². The zero-order valence-corrected chi connectivity index (χ0v) is 16.3. The zero-order chi connectivity index (χ0) is 18.2. The zero-order valence-electron chi connectivity index (χ0n) is 14.7. The van der Waals surface area contributed by atoms with Crippen LogP contribution in [-0.2, 0) is 4.79 Å². The van der Waals surface area contributed by atoms with Crippen molar-refractivity contribution in [1.82, 2.24) is 9.80 Å². The number of carbonyl (C=O) groups is 1. The first kappa shape index (κ1) is 18.9. The molecule has 0 aromatic heterocycles. The Morgan fingerprint density at radius 3 is 2.46 bits per heavy atom. The maximum Gasteiger partial charge on any atom is 0.238 e. The number of nitrogens with zero attached hydrogens (tertiary/aromatic N) is 2. The monoisotopic (exact) mass is 417 g/mol. The smallest absolute Gasteiger partial charge is 0.238 e. The van der Waals surface area contributed by atoms with E-state index in [1.54, 1.807) is 0 Å². The van der Waals surface area contributed by atoms with Crippen molar-refractivity contribution in [2.75, 3.05) is 51.2 Å². The highest BCUT2D eigenvalue weighted by Gasteiger charge is 2.18. The molecule has 0 unspecified atom stereocenters. The van der Waals surface area contributed by atoms with Crippen LogP contribution in [0.1, 0.15) is 0 Å². The molecule has 138 valence electrons. The van der Waals surface area contributed by atoms with Crippen LogP contribution in [0.25, 0.3) is 0 Å². The minimum Gasteiger partial charge on any atom is -0.492 e. The van der Waals surface area contributed by atoms with E-state index in [0.29, 0.717) is 13.2 Å². The molecule has 0 atom stereocenters. The van der Waals surface area contributed by atoms with Crippen molar-refractivity contribution in [3.05, 3.63) is 59.1 Å². The van der Waals surface area contributed by atoms with Crippen LogP contribution >= 0.6 is 15.9 Å². The van der Waals surface area contributed by atoms with Gasteiger partial charge >= 0.3 is 0 Å². The van der Waals surface area contributed by atoms with Crippen molar-refractivity contribution in [3.8, 4) is 5.75 Å². The topological polar surface area (TPSA) is 44.8 Å². The Bertz CT molecular complexity index is 703. The SMILES string of the molecule is O=C(CN1CCN(CCOc2ccccc2)CC1)Nc1cccc(Br)c1. The molecule has 1 aliphatic rings. The van der Waals surface area contributed by atoms with E-state index in [4.69, 9.17) is 4.74 Å². The van der Waals surface area contributed by atoms with E-state index in [-0.39, 0.29) is 5.91 Å². The molecule has 0 bridgehead atoms. The van der Waals surface area contributed by atoms with E-state index in [1.165, 1.54) is 0 Å². The summed E-state index contributed by atoms with van der Waals surface area (Å²) in [7, 11) is 0. The number of halogens is 1. The molecule has 1 saturated heterocycles. The second kappa shape index (κ2) is 9.71. The lowest BCUT2D eigenvalue weighted by molar-refractivity contribution is -0.117. The summed E-state index contributed by atoms with van der Waals surface area (Å²) in [6.07, 6.45) is 0. The molecule has 1 aliphatic heterocycles. The Morgan fingerprint density at radius 1 is 1.00 bits per heavy atom. The van der Waals surface area contributed by atoms with Crippen LogP contribution < -0.4 is 10.1 Å². The van der Waals surface area contributed by atoms with Crippen LogP contribution in [0.5, 0.6) is 5.75 Å². The van der Waals surface area contributed by atoms with Gasteiger partial charge in [-0.15, -0.1) is 0 Å². The van der Waals surface area contributed by atoms with Gasteiger partial charge in [-0.2, -0.15) is 0 Å². The highest BCUT2D eigenvalue weighted by molar-refractivity contribution is 9.10. The molecule has 1 amide bonds. The molecule has 0 radical (unpaired) electrons. The van der Waals surface area contributed by atoms with Gasteiger partial charge in [-0.05, 0) is 30.3 Å². The van der Waals surface area contributed by atoms with E-state index in [2.05, 4.69) is 31.0 Å². The molecule has 2 aromatic rings. The summed E-state index contributed by atoms with van der Waals surface area (Å²) in [5, 5.41) is 2.95. The second-order valence-corrected chi connectivity index (χ2v) is 7.25. The summed E-state index contributed by atoms with van der Waals surface area (Å²) in [5.74, 6) is 0.944. The molecule has 1 N–H and O–H groups in total. The number of hydrogen-bond donors (Lipinski definition) is 1. The first-order chi connectivity index (χ1) is 12.7. The third-order valence-corrected chi connectivity index (χ3v) is 4.85. The van der Waals surface area contributed by atoms with Crippen LogP contribution in [0.4, 0.5) is 5.69 Å². The number of ether oxygens (including phenoxy) is 1. The lowest BCUT2D eigenvalue weighted by atomic mass is 10.3. The number of piperazine rings is 1. The molecule has 0 saturated carbocycles. The minimum atomic E-state index is 0.0314. The Hall–Kier alpha value is -1.89. The second-order valence-electron chi connectivity index (χ2n) is 6.34. The van der Waals surface area contributed by atoms with E-state index in [1.807, 2.05) is 54.6 Å². The molecule has 0 spiro atoms. The fraction of sp³-hybridized carbons (Fsp3) is 0.350. The molecule has 6 heteroatoms. The number of benzene rings is 2. The predicted octanol–water partition coefficient (Wildman–Crippen LogP) is 3.08. The van der Waals surface area contributed by atoms with Crippen molar-refractivity contribution < 1.29 is 9.53 Å². The summed E-state index contributed by atoms with van der Waals surface area (Å²) in [5.41, 5.74) is 0.820. The van der Waals surface area contributed by atoms with E-state index in [9.17, 15) is 4.79 Å². The Balaban J connectivity index is 1.33. The van der Waals surface area contributed by atoms with Gasteiger partial charge in [0.15, 0.2) is 0 Å². The van der Waals surface area contributed by atoms with Gasteiger partial charge in [-0.3, -0.25) is 14.6 Å². The molecule has 26 heavy (non-hydrogen) atoms. The summed E-state index contributed by atoms with van der Waals surface area (Å²) < 4.78 is 6.71. The summed E-state index contributed by atoms with van der Waals surface area (Å²) in [6.45, 7) is 5.75. The predicted molar refractivity (Wildman–Crippen MR) is 108 cm³/mol. The molecular weight excluding hydrogens is 394 g/mol. The van der Waals surface area contributed by atoms with Crippen molar-refractivity contribution in [2.45, 2.75) is 0 Å². The van der Waals surface area contributed by atoms with Gasteiger partial charge < -0.3 is 10.1 Å². The Labute approximate surface area is 163 Å². The van der Waals surface area contributed by atoms with Crippen molar-refractivity contribution >= 4 is 27.5 Å². The largest absolute Gasteiger partial charge is 0.492 e. The number of para-hydroxylation sites is 1. The first-order valence-corrected chi connectivity index (χ1v) is 9.66. The summed E-state index contributed by atoms with van der Waals surface area (Å²) in [4.78, 5) is 16.8. The van der Waals surface area contributed by atoms with Gasteiger partial charge in [0.2, 0.25) is 5.91 Å². The molecule has 1 heterocycles. The number of anilines is 1. The molecular formula is C20H24BrN3O2. The quantitative estimate of drug-likeness (QED) is 0.751. The van der Waals surface area contributed by atoms with Gasteiger partial charge in [0, 0.05) is 42.9 Å². The fourth-order valence-corrected chi connectivity index (χ4v) is 3.35. The third-order valence-electron chi connectivity index (χ3n) is 4.36. The van der Waals surface area contributed by atoms with E-state index in [0.717, 1.165) is 48.6 Å². The number of hydrogen-bond acceptors (Lipinski definition) is 4. The van der Waals surface area contributed by atoms with Crippen molar-refractivity contribution in [1.29, 1.82) is 0 Å². The number of rotatable bonds is 7. The van der Waals surface area contributed by atoms with Crippen LogP contribution in [0.3, 0.4) is 0 Å². The Kier molecular flexibility index (Phi) is 7.05. The molecule has 5 nitrogen and oxygen atoms in total. The average Bonchev–Trinajstić information content (AvgIpc) is 2.64. The molecule has 0 aliphatic carbocycles. The Morgan fingerprint density at radius 2 is 1.73 bits per heavy atom. The molecule has 3 rings (SSSR count). The van der Waals surface area contributed by atoms with Gasteiger partial charge in [0.25, 0.3) is 0 Å². The lowest BCUT2D eigenvalue weighted by Gasteiger charge is -2.34. The highest BCUT2D eigenvalue weighted by atomic mass is 79.9. The van der Waals surface area contributed by atoms with Crippen LogP contribution in [-0.4, -0.2) is 61.6 Å². The normalized spacial score (nSPS) is 15.6. The van der Waals surface area contributed by atoms with Gasteiger partial charge in [-0.25, -0.2) is 0 Å². The maximum atomic E-state index is 12.2. The average molecular weight is 418 g/mol. The van der Waals surface area contributed by atoms with Crippen LogP contribution in [0, 0.1) is 0 Å². The van der Waals surface area contributed by atoms with Crippen molar-refractivity contribution in [2.24, 2.45) is 0 Å². The number of carbonyl (C=O) groups excluding carboxylic acids is 1. The number of nitrogens with one attached hydrogen (secondary N) is 1. The first-order valence-electron chi connectivity index (χ1n) is 8.87. The van der Waals surface area contributed by atoms with Crippen LogP contribution in [0.15, 0.2) is 59.1 Å². The molecule has 2 aromatic carbocycles. The number of amides is 1.